The Morgan fingerprint density at radius 2 is 1.86 bits per heavy atom. The molecule has 2 aliphatic rings. The second-order valence-electron chi connectivity index (χ2n) is 6.59. The minimum absolute atomic E-state index is 0.160. The van der Waals surface area contributed by atoms with Crippen LogP contribution in [0.2, 0.25) is 0 Å². The lowest BCUT2D eigenvalue weighted by atomic mass is 9.75. The summed E-state index contributed by atoms with van der Waals surface area (Å²) in [5.41, 5.74) is 1.16. The average molecular weight is 286 g/mol. The first-order valence-corrected chi connectivity index (χ1v) is 8.34. The maximum atomic E-state index is 12.1. The summed E-state index contributed by atoms with van der Waals surface area (Å²) in [4.78, 5) is 14.4. The Bertz CT molecular complexity index is 460. The normalized spacial score (nSPS) is 26.1. The third-order valence-corrected chi connectivity index (χ3v) is 5.08. The molecule has 1 aliphatic heterocycles. The van der Waals surface area contributed by atoms with Crippen molar-refractivity contribution in [2.75, 3.05) is 19.6 Å². The molecule has 1 aliphatic carbocycles. The lowest BCUT2D eigenvalue weighted by Crippen LogP contribution is -2.46. The van der Waals surface area contributed by atoms with Gasteiger partial charge in [-0.15, -0.1) is 0 Å². The van der Waals surface area contributed by atoms with Crippen LogP contribution in [-0.4, -0.2) is 30.4 Å². The number of piperidine rings is 1. The summed E-state index contributed by atoms with van der Waals surface area (Å²) in [7, 11) is 0. The number of rotatable bonds is 4. The van der Waals surface area contributed by atoms with E-state index in [2.05, 4.69) is 10.2 Å². The molecule has 0 bridgehead atoms. The minimum atomic E-state index is 0.160. The van der Waals surface area contributed by atoms with Crippen LogP contribution in [0.4, 0.5) is 0 Å². The van der Waals surface area contributed by atoms with Crippen LogP contribution in [0.25, 0.3) is 0 Å². The highest BCUT2D eigenvalue weighted by Gasteiger charge is 2.31. The van der Waals surface area contributed by atoms with Gasteiger partial charge in [0.2, 0.25) is 5.91 Å². The van der Waals surface area contributed by atoms with E-state index >= 15 is 0 Å². The first-order chi connectivity index (χ1) is 10.3. The highest BCUT2D eigenvalue weighted by molar-refractivity contribution is 5.78. The molecule has 3 heteroatoms. The van der Waals surface area contributed by atoms with E-state index in [1.165, 1.54) is 32.1 Å². The average Bonchev–Trinajstić information content (AvgIpc) is 2.54. The standard InChI is InChI=1S/C18H26N2O/c21-18(19-12-15-6-2-1-3-7-15)14-20-11-10-16-8-4-5-9-17(16)13-20/h1-3,6-7,16-17H,4-5,8-14H2,(H,19,21)/t16-,17+/m1/s1. The van der Waals surface area contributed by atoms with Crippen LogP contribution in [0, 0.1) is 11.8 Å². The fourth-order valence-electron chi connectivity index (χ4n) is 3.88. The predicted octanol–water partition coefficient (Wildman–Crippen LogP) is 2.81. The molecule has 2 atom stereocenters. The van der Waals surface area contributed by atoms with E-state index in [1.807, 2.05) is 30.3 Å². The number of carbonyl (C=O) groups excluding carboxylic acids is 1. The molecule has 1 heterocycles. The summed E-state index contributed by atoms with van der Waals surface area (Å²) in [6, 6.07) is 10.1. The fourth-order valence-corrected chi connectivity index (χ4v) is 3.88. The molecule has 3 nitrogen and oxygen atoms in total. The minimum Gasteiger partial charge on any atom is -0.351 e. The van der Waals surface area contributed by atoms with Crippen molar-refractivity contribution in [3.63, 3.8) is 0 Å². The summed E-state index contributed by atoms with van der Waals surface area (Å²) >= 11 is 0. The van der Waals surface area contributed by atoms with Crippen molar-refractivity contribution in [1.82, 2.24) is 10.2 Å². The van der Waals surface area contributed by atoms with Gasteiger partial charge in [-0.05, 0) is 36.8 Å². The highest BCUT2D eigenvalue weighted by atomic mass is 16.2. The molecule has 114 valence electrons. The monoisotopic (exact) mass is 286 g/mol. The third-order valence-electron chi connectivity index (χ3n) is 5.08. The zero-order valence-corrected chi connectivity index (χ0v) is 12.8. The number of fused-ring (bicyclic) bond motifs is 1. The molecule has 1 aromatic rings. The number of likely N-dealkylation sites (tertiary alicyclic amines) is 1. The van der Waals surface area contributed by atoms with Crippen LogP contribution in [0.3, 0.4) is 0 Å². The summed E-state index contributed by atoms with van der Waals surface area (Å²) < 4.78 is 0. The molecule has 21 heavy (non-hydrogen) atoms. The smallest absolute Gasteiger partial charge is 0.234 e. The van der Waals surface area contributed by atoms with Crippen LogP contribution in [-0.2, 0) is 11.3 Å². The van der Waals surface area contributed by atoms with E-state index in [0.29, 0.717) is 13.1 Å². The number of benzene rings is 1. The molecule has 0 spiro atoms. The Kier molecular flexibility index (Phi) is 4.91. The first-order valence-electron chi connectivity index (χ1n) is 8.34. The van der Waals surface area contributed by atoms with Gasteiger partial charge in [0.05, 0.1) is 6.54 Å². The second kappa shape index (κ2) is 7.08. The van der Waals surface area contributed by atoms with Gasteiger partial charge in [0.25, 0.3) is 0 Å². The van der Waals surface area contributed by atoms with Gasteiger partial charge in [-0.2, -0.15) is 0 Å². The van der Waals surface area contributed by atoms with Crippen LogP contribution in [0.1, 0.15) is 37.7 Å². The Morgan fingerprint density at radius 1 is 1.10 bits per heavy atom. The molecule has 0 radical (unpaired) electrons. The lowest BCUT2D eigenvalue weighted by molar-refractivity contribution is -0.123. The molecular weight excluding hydrogens is 260 g/mol. The van der Waals surface area contributed by atoms with E-state index in [9.17, 15) is 4.79 Å². The van der Waals surface area contributed by atoms with E-state index in [0.717, 1.165) is 30.5 Å². The van der Waals surface area contributed by atoms with Crippen LogP contribution < -0.4 is 5.32 Å². The molecule has 1 saturated heterocycles. The second-order valence-corrected chi connectivity index (χ2v) is 6.59. The molecule has 0 aromatic heterocycles. The zero-order valence-electron chi connectivity index (χ0n) is 12.8. The molecule has 2 fully saturated rings. The van der Waals surface area contributed by atoms with E-state index in [4.69, 9.17) is 0 Å². The number of nitrogens with zero attached hydrogens (tertiary/aromatic N) is 1. The highest BCUT2D eigenvalue weighted by Crippen LogP contribution is 2.35. The van der Waals surface area contributed by atoms with Crippen molar-refractivity contribution in [1.29, 1.82) is 0 Å². The molecular formula is C18H26N2O. The quantitative estimate of drug-likeness (QED) is 0.923. The van der Waals surface area contributed by atoms with Gasteiger partial charge in [-0.3, -0.25) is 9.69 Å². The van der Waals surface area contributed by atoms with Gasteiger partial charge in [-0.25, -0.2) is 0 Å². The maximum absolute atomic E-state index is 12.1. The van der Waals surface area contributed by atoms with E-state index in [-0.39, 0.29) is 5.91 Å². The molecule has 1 amide bonds. The summed E-state index contributed by atoms with van der Waals surface area (Å²) in [5.74, 6) is 1.94. The van der Waals surface area contributed by atoms with Crippen molar-refractivity contribution in [2.45, 2.75) is 38.6 Å². The zero-order chi connectivity index (χ0) is 14.5. The fraction of sp³-hybridized carbons (Fsp3) is 0.611. The summed E-state index contributed by atoms with van der Waals surface area (Å²) in [5, 5.41) is 3.04. The van der Waals surface area contributed by atoms with Gasteiger partial charge in [0, 0.05) is 13.1 Å². The summed E-state index contributed by atoms with van der Waals surface area (Å²) in [6.07, 6.45) is 6.87. The van der Waals surface area contributed by atoms with Crippen molar-refractivity contribution in [3.8, 4) is 0 Å². The number of carbonyl (C=O) groups is 1. The third kappa shape index (κ3) is 4.07. The number of nitrogens with one attached hydrogen (secondary N) is 1. The summed E-state index contributed by atoms with van der Waals surface area (Å²) in [6.45, 7) is 3.43. The van der Waals surface area contributed by atoms with Crippen molar-refractivity contribution in [2.24, 2.45) is 11.8 Å². The SMILES string of the molecule is O=C(CN1CC[C@H]2CCCC[C@H]2C1)NCc1ccccc1. The Balaban J connectivity index is 1.42. The Hall–Kier alpha value is -1.35. The van der Waals surface area contributed by atoms with Crippen LogP contribution in [0.5, 0.6) is 0 Å². The predicted molar refractivity (Wildman–Crippen MR) is 84.8 cm³/mol. The molecule has 1 aromatic carbocycles. The lowest BCUT2D eigenvalue weighted by Gasteiger charge is -2.41. The number of hydrogen-bond acceptors (Lipinski definition) is 2. The van der Waals surface area contributed by atoms with Gasteiger partial charge in [0.15, 0.2) is 0 Å². The Labute approximate surface area is 127 Å². The van der Waals surface area contributed by atoms with Gasteiger partial charge >= 0.3 is 0 Å². The van der Waals surface area contributed by atoms with Crippen molar-refractivity contribution in [3.05, 3.63) is 35.9 Å². The molecule has 0 unspecified atom stereocenters. The van der Waals surface area contributed by atoms with Gasteiger partial charge in [-0.1, -0.05) is 49.6 Å². The number of amides is 1. The van der Waals surface area contributed by atoms with Crippen molar-refractivity contribution >= 4 is 5.91 Å². The Morgan fingerprint density at radius 3 is 2.67 bits per heavy atom. The van der Waals surface area contributed by atoms with Gasteiger partial charge < -0.3 is 5.32 Å². The van der Waals surface area contributed by atoms with Crippen LogP contribution in [0.15, 0.2) is 30.3 Å². The molecule has 1 saturated carbocycles. The maximum Gasteiger partial charge on any atom is 0.234 e. The molecule has 3 rings (SSSR count). The van der Waals surface area contributed by atoms with Crippen molar-refractivity contribution < 1.29 is 4.79 Å². The topological polar surface area (TPSA) is 32.3 Å². The van der Waals surface area contributed by atoms with E-state index < -0.39 is 0 Å². The van der Waals surface area contributed by atoms with Gasteiger partial charge in [0.1, 0.15) is 0 Å². The number of hydrogen-bond donors (Lipinski definition) is 1. The molecule has 1 N–H and O–H groups in total. The van der Waals surface area contributed by atoms with Crippen LogP contribution >= 0.6 is 0 Å². The van der Waals surface area contributed by atoms with E-state index in [1.54, 1.807) is 0 Å². The first kappa shape index (κ1) is 14.6. The largest absolute Gasteiger partial charge is 0.351 e.